The van der Waals surface area contributed by atoms with Gasteiger partial charge in [-0.15, -0.1) is 0 Å². The Hall–Kier alpha value is -2.50. The van der Waals surface area contributed by atoms with Crippen molar-refractivity contribution in [2.24, 2.45) is 0 Å². The summed E-state index contributed by atoms with van der Waals surface area (Å²) in [6.07, 6.45) is 1.83. The monoisotopic (exact) mass is 436 g/mol. The molecule has 0 aliphatic heterocycles. The molecule has 0 spiro atoms. The first kappa shape index (κ1) is 24.8. The molecule has 31 heavy (non-hydrogen) atoms. The molecule has 0 saturated carbocycles. The standard InChI is InChI=1S/C25H31F3O3/c1-7-31-22(30)13-16(2)9-8-10-18(25(26,27)28)17-14-19-20(15-21(17)29)24(5,6)12-11-23(19,3)4/h8-10,13-15,29H,7,11-12H2,1-6H3/b9-8+,16-13+,18-10-. The Morgan fingerprint density at radius 2 is 1.68 bits per heavy atom. The van der Waals surface area contributed by atoms with E-state index in [9.17, 15) is 23.1 Å². The maximum Gasteiger partial charge on any atom is 0.417 e. The predicted octanol–water partition coefficient (Wildman–Crippen LogP) is 6.75. The molecule has 1 aliphatic carbocycles. The molecule has 1 aliphatic rings. The van der Waals surface area contributed by atoms with Crippen LogP contribution in [0.2, 0.25) is 0 Å². The van der Waals surface area contributed by atoms with Gasteiger partial charge in [-0.2, -0.15) is 13.2 Å². The van der Waals surface area contributed by atoms with Gasteiger partial charge in [0.15, 0.2) is 0 Å². The molecule has 1 aromatic carbocycles. The Morgan fingerprint density at radius 3 is 2.19 bits per heavy atom. The highest BCUT2D eigenvalue weighted by molar-refractivity contribution is 5.83. The largest absolute Gasteiger partial charge is 0.507 e. The molecular weight excluding hydrogens is 405 g/mol. The fourth-order valence-corrected chi connectivity index (χ4v) is 3.87. The van der Waals surface area contributed by atoms with Crippen molar-refractivity contribution in [1.82, 2.24) is 0 Å². The first-order chi connectivity index (χ1) is 14.2. The van der Waals surface area contributed by atoms with Gasteiger partial charge in [0.25, 0.3) is 0 Å². The number of benzene rings is 1. The van der Waals surface area contributed by atoms with Gasteiger partial charge in [0, 0.05) is 11.6 Å². The smallest absolute Gasteiger partial charge is 0.417 e. The summed E-state index contributed by atoms with van der Waals surface area (Å²) in [6.45, 7) is 11.6. The van der Waals surface area contributed by atoms with Gasteiger partial charge in [0.2, 0.25) is 0 Å². The average molecular weight is 437 g/mol. The molecule has 0 aromatic heterocycles. The van der Waals surface area contributed by atoms with E-state index in [2.05, 4.69) is 0 Å². The van der Waals surface area contributed by atoms with E-state index in [0.717, 1.165) is 30.0 Å². The summed E-state index contributed by atoms with van der Waals surface area (Å²) in [7, 11) is 0. The van der Waals surface area contributed by atoms with Gasteiger partial charge < -0.3 is 9.84 Å². The number of esters is 1. The van der Waals surface area contributed by atoms with E-state index in [1.807, 2.05) is 27.7 Å². The van der Waals surface area contributed by atoms with Gasteiger partial charge in [0.05, 0.1) is 12.2 Å². The molecule has 6 heteroatoms. The van der Waals surface area contributed by atoms with Crippen LogP contribution in [0.15, 0.2) is 42.0 Å². The molecular formula is C25H31F3O3. The summed E-state index contributed by atoms with van der Waals surface area (Å²) in [4.78, 5) is 11.5. The van der Waals surface area contributed by atoms with E-state index in [-0.39, 0.29) is 28.7 Å². The summed E-state index contributed by atoms with van der Waals surface area (Å²) in [5.41, 5.74) is 0.468. The third kappa shape index (κ3) is 5.81. The van der Waals surface area contributed by atoms with E-state index in [1.165, 1.54) is 30.4 Å². The minimum Gasteiger partial charge on any atom is -0.507 e. The Balaban J connectivity index is 2.55. The lowest BCUT2D eigenvalue weighted by molar-refractivity contribution is -0.137. The molecule has 0 unspecified atom stereocenters. The number of hydrogen-bond donors (Lipinski definition) is 1. The number of carbonyl (C=O) groups excluding carboxylic acids is 1. The number of allylic oxidation sites excluding steroid dienone is 5. The fraction of sp³-hybridized carbons (Fsp3) is 0.480. The number of halogens is 3. The van der Waals surface area contributed by atoms with Crippen LogP contribution in [0.4, 0.5) is 13.2 Å². The minimum atomic E-state index is -4.66. The van der Waals surface area contributed by atoms with Crippen molar-refractivity contribution in [3.8, 4) is 5.75 Å². The van der Waals surface area contributed by atoms with Crippen LogP contribution in [-0.4, -0.2) is 23.9 Å². The molecule has 1 N–H and O–H groups in total. The maximum atomic E-state index is 13.9. The molecule has 0 radical (unpaired) electrons. The van der Waals surface area contributed by atoms with Crippen LogP contribution in [-0.2, 0) is 20.4 Å². The number of phenols is 1. The third-order valence-electron chi connectivity index (χ3n) is 5.82. The summed E-state index contributed by atoms with van der Waals surface area (Å²) >= 11 is 0. The number of phenolic OH excluding ortho intramolecular Hbond substituents is 1. The van der Waals surface area contributed by atoms with Gasteiger partial charge in [-0.25, -0.2) is 4.79 Å². The Morgan fingerprint density at radius 1 is 1.13 bits per heavy atom. The van der Waals surface area contributed by atoms with Crippen LogP contribution in [0, 0.1) is 0 Å². The normalized spacial score (nSPS) is 18.7. The van der Waals surface area contributed by atoms with E-state index in [4.69, 9.17) is 4.74 Å². The zero-order chi connectivity index (χ0) is 23.6. The van der Waals surface area contributed by atoms with Gasteiger partial charge in [-0.05, 0) is 72.4 Å². The second-order valence-electron chi connectivity index (χ2n) is 9.26. The Kier molecular flexibility index (Phi) is 7.14. The topological polar surface area (TPSA) is 46.5 Å². The molecule has 2 rings (SSSR count). The van der Waals surface area contributed by atoms with Crippen molar-refractivity contribution < 1.29 is 27.8 Å². The van der Waals surface area contributed by atoms with Crippen molar-refractivity contribution >= 4 is 11.5 Å². The zero-order valence-corrected chi connectivity index (χ0v) is 19.0. The van der Waals surface area contributed by atoms with Crippen LogP contribution in [0.5, 0.6) is 5.75 Å². The number of aromatic hydroxyl groups is 1. The van der Waals surface area contributed by atoms with Crippen LogP contribution in [0.1, 0.15) is 71.1 Å². The van der Waals surface area contributed by atoms with Crippen molar-refractivity contribution in [1.29, 1.82) is 0 Å². The molecule has 0 amide bonds. The highest BCUT2D eigenvalue weighted by atomic mass is 19.4. The lowest BCUT2D eigenvalue weighted by Crippen LogP contribution is -2.34. The third-order valence-corrected chi connectivity index (χ3v) is 5.82. The second-order valence-corrected chi connectivity index (χ2v) is 9.26. The van der Waals surface area contributed by atoms with Crippen molar-refractivity contribution in [2.45, 2.75) is 71.4 Å². The maximum absolute atomic E-state index is 13.9. The Bertz CT molecular complexity index is 932. The molecule has 3 nitrogen and oxygen atoms in total. The van der Waals surface area contributed by atoms with E-state index in [0.29, 0.717) is 5.57 Å². The highest BCUT2D eigenvalue weighted by Crippen LogP contribution is 2.49. The van der Waals surface area contributed by atoms with Crippen molar-refractivity contribution in [3.05, 3.63) is 58.7 Å². The summed E-state index contributed by atoms with van der Waals surface area (Å²) < 4.78 is 46.5. The van der Waals surface area contributed by atoms with Crippen molar-refractivity contribution in [2.75, 3.05) is 6.61 Å². The van der Waals surface area contributed by atoms with Gasteiger partial charge in [0.1, 0.15) is 5.75 Å². The van der Waals surface area contributed by atoms with Gasteiger partial charge in [-0.3, -0.25) is 0 Å². The first-order valence-corrected chi connectivity index (χ1v) is 10.4. The summed E-state index contributed by atoms with van der Waals surface area (Å²) in [5, 5.41) is 10.6. The predicted molar refractivity (Wildman–Crippen MR) is 117 cm³/mol. The van der Waals surface area contributed by atoms with Crippen LogP contribution < -0.4 is 0 Å². The fourth-order valence-electron chi connectivity index (χ4n) is 3.87. The number of fused-ring (bicyclic) bond motifs is 1. The molecule has 0 saturated heterocycles. The molecule has 0 atom stereocenters. The van der Waals surface area contributed by atoms with Crippen molar-refractivity contribution in [3.63, 3.8) is 0 Å². The number of ether oxygens (including phenoxy) is 1. The average Bonchev–Trinajstić information content (AvgIpc) is 2.62. The van der Waals surface area contributed by atoms with E-state index >= 15 is 0 Å². The first-order valence-electron chi connectivity index (χ1n) is 10.4. The van der Waals surface area contributed by atoms with Gasteiger partial charge >= 0.3 is 12.1 Å². The minimum absolute atomic E-state index is 0.217. The lowest BCUT2D eigenvalue weighted by atomic mass is 9.62. The van der Waals surface area contributed by atoms with Crippen LogP contribution in [0.25, 0.3) is 5.57 Å². The molecule has 1 aromatic rings. The Labute approximate surface area is 182 Å². The number of carbonyl (C=O) groups is 1. The molecule has 170 valence electrons. The van der Waals surface area contributed by atoms with E-state index in [1.54, 1.807) is 13.8 Å². The molecule has 0 fully saturated rings. The van der Waals surface area contributed by atoms with Gasteiger partial charge in [-0.1, -0.05) is 39.8 Å². The number of hydrogen-bond acceptors (Lipinski definition) is 3. The number of rotatable bonds is 5. The second kappa shape index (κ2) is 8.93. The van der Waals surface area contributed by atoms with E-state index < -0.39 is 17.7 Å². The van der Waals surface area contributed by atoms with Crippen LogP contribution in [0.3, 0.4) is 0 Å². The van der Waals surface area contributed by atoms with Crippen LogP contribution >= 0.6 is 0 Å². The highest BCUT2D eigenvalue weighted by Gasteiger charge is 2.41. The number of alkyl halides is 3. The molecule has 0 bridgehead atoms. The zero-order valence-electron chi connectivity index (χ0n) is 19.0. The molecule has 0 heterocycles. The summed E-state index contributed by atoms with van der Waals surface area (Å²) in [6, 6.07) is 2.97. The SMILES string of the molecule is CCOC(=O)/C=C(C)/C=C/C=C(/c1cc2c(cc1O)C(C)(C)CCC2(C)C)C(F)(F)F. The quantitative estimate of drug-likeness (QED) is 0.315. The lowest BCUT2D eigenvalue weighted by Gasteiger charge is -2.42. The summed E-state index contributed by atoms with van der Waals surface area (Å²) in [5.74, 6) is -0.942.